The van der Waals surface area contributed by atoms with Crippen molar-refractivity contribution in [2.75, 3.05) is 14.2 Å². The number of hydrogen-bond acceptors (Lipinski definition) is 5. The minimum Gasteiger partial charge on any atom is -0.497 e. The molecule has 1 aliphatic rings. The molecule has 0 radical (unpaired) electrons. The molecule has 0 spiro atoms. The topological polar surface area (TPSA) is 68.5 Å². The Labute approximate surface area is 148 Å². The first-order valence-corrected chi connectivity index (χ1v) is 8.81. The van der Waals surface area contributed by atoms with E-state index >= 15 is 0 Å². The number of nitrogens with zero attached hydrogens (tertiary/aromatic N) is 3. The van der Waals surface area contributed by atoms with Crippen molar-refractivity contribution < 1.29 is 14.1 Å². The van der Waals surface area contributed by atoms with Crippen LogP contribution < -0.4 is 4.74 Å². The SMILES string of the molecule is CCC(CC(=O)N(C)Cc1noc(C2CC2)n1)c1ccc(OC)cc1. The standard InChI is InChI=1S/C19H25N3O3/c1-4-13(14-7-9-16(24-3)10-8-14)11-18(23)22(2)12-17-20-19(25-21-17)15-5-6-15/h7-10,13,15H,4-6,11-12H2,1-3H3. The summed E-state index contributed by atoms with van der Waals surface area (Å²) in [6.07, 6.45) is 3.61. The number of amides is 1. The Kier molecular flexibility index (Phi) is 5.36. The summed E-state index contributed by atoms with van der Waals surface area (Å²) >= 11 is 0. The second-order valence-electron chi connectivity index (χ2n) is 6.66. The van der Waals surface area contributed by atoms with E-state index in [4.69, 9.17) is 9.26 Å². The molecule has 1 saturated carbocycles. The molecule has 2 aromatic rings. The second-order valence-corrected chi connectivity index (χ2v) is 6.66. The third-order valence-corrected chi connectivity index (χ3v) is 4.72. The highest BCUT2D eigenvalue weighted by Gasteiger charge is 2.30. The van der Waals surface area contributed by atoms with Crippen LogP contribution in [0.5, 0.6) is 5.75 Å². The molecule has 3 rings (SSSR count). The van der Waals surface area contributed by atoms with Gasteiger partial charge in [-0.1, -0.05) is 24.2 Å². The minimum absolute atomic E-state index is 0.0837. The van der Waals surface area contributed by atoms with Crippen LogP contribution in [0.4, 0.5) is 0 Å². The van der Waals surface area contributed by atoms with Gasteiger partial charge in [0.25, 0.3) is 0 Å². The number of methoxy groups -OCH3 is 1. The highest BCUT2D eigenvalue weighted by molar-refractivity contribution is 5.76. The molecule has 1 aromatic carbocycles. The maximum absolute atomic E-state index is 12.6. The first-order valence-electron chi connectivity index (χ1n) is 8.81. The van der Waals surface area contributed by atoms with Crippen molar-refractivity contribution in [3.05, 3.63) is 41.5 Å². The number of carbonyl (C=O) groups excluding carboxylic acids is 1. The average Bonchev–Trinajstić information content (AvgIpc) is 3.39. The van der Waals surface area contributed by atoms with Crippen molar-refractivity contribution in [3.63, 3.8) is 0 Å². The first-order chi connectivity index (χ1) is 12.1. The average molecular weight is 343 g/mol. The summed E-state index contributed by atoms with van der Waals surface area (Å²) in [6.45, 7) is 2.48. The molecular formula is C19H25N3O3. The van der Waals surface area contributed by atoms with Crippen molar-refractivity contribution in [2.45, 2.75) is 51.0 Å². The largest absolute Gasteiger partial charge is 0.497 e. The molecule has 6 nitrogen and oxygen atoms in total. The molecule has 1 amide bonds. The molecule has 134 valence electrons. The Morgan fingerprint density at radius 2 is 2.08 bits per heavy atom. The number of carbonyl (C=O) groups is 1. The normalized spacial score (nSPS) is 15.0. The Bertz CT molecular complexity index is 707. The molecule has 6 heteroatoms. The summed E-state index contributed by atoms with van der Waals surface area (Å²) in [5, 5.41) is 3.98. The summed E-state index contributed by atoms with van der Waals surface area (Å²) < 4.78 is 10.4. The zero-order valence-electron chi connectivity index (χ0n) is 15.1. The van der Waals surface area contributed by atoms with E-state index in [1.807, 2.05) is 24.3 Å². The first kappa shape index (κ1) is 17.5. The minimum atomic E-state index is 0.0837. The van der Waals surface area contributed by atoms with Crippen LogP contribution in [0.25, 0.3) is 0 Å². The highest BCUT2D eigenvalue weighted by Crippen LogP contribution is 2.38. The molecule has 1 aromatic heterocycles. The third kappa shape index (κ3) is 4.38. The Morgan fingerprint density at radius 1 is 1.36 bits per heavy atom. The van der Waals surface area contributed by atoms with Gasteiger partial charge in [0, 0.05) is 19.4 Å². The molecule has 0 aliphatic heterocycles. The number of benzene rings is 1. The van der Waals surface area contributed by atoms with Gasteiger partial charge in [0.1, 0.15) is 5.75 Å². The second kappa shape index (κ2) is 7.68. The van der Waals surface area contributed by atoms with E-state index in [9.17, 15) is 4.79 Å². The van der Waals surface area contributed by atoms with Crippen LogP contribution in [-0.4, -0.2) is 35.1 Å². The molecule has 0 bridgehead atoms. The van der Waals surface area contributed by atoms with E-state index in [-0.39, 0.29) is 11.8 Å². The Morgan fingerprint density at radius 3 is 2.68 bits per heavy atom. The third-order valence-electron chi connectivity index (χ3n) is 4.72. The van der Waals surface area contributed by atoms with Gasteiger partial charge in [-0.25, -0.2) is 0 Å². The van der Waals surface area contributed by atoms with E-state index < -0.39 is 0 Å². The number of rotatable bonds is 8. The van der Waals surface area contributed by atoms with Gasteiger partial charge in [-0.3, -0.25) is 4.79 Å². The number of ether oxygens (including phenoxy) is 1. The lowest BCUT2D eigenvalue weighted by atomic mass is 9.92. The molecule has 1 fully saturated rings. The van der Waals surface area contributed by atoms with Crippen molar-refractivity contribution in [2.24, 2.45) is 0 Å². The van der Waals surface area contributed by atoms with Crippen LogP contribution in [0.15, 0.2) is 28.8 Å². The number of hydrogen-bond donors (Lipinski definition) is 0. The summed E-state index contributed by atoms with van der Waals surface area (Å²) in [5.41, 5.74) is 1.15. The summed E-state index contributed by atoms with van der Waals surface area (Å²) in [5.74, 6) is 2.82. The molecule has 1 atom stereocenters. The molecular weight excluding hydrogens is 318 g/mol. The number of aromatic nitrogens is 2. The van der Waals surface area contributed by atoms with Crippen LogP contribution in [0.2, 0.25) is 0 Å². The fourth-order valence-corrected chi connectivity index (χ4v) is 2.87. The fraction of sp³-hybridized carbons (Fsp3) is 0.526. The van der Waals surface area contributed by atoms with Crippen molar-refractivity contribution >= 4 is 5.91 Å². The van der Waals surface area contributed by atoms with Gasteiger partial charge in [0.05, 0.1) is 13.7 Å². The van der Waals surface area contributed by atoms with Crippen LogP contribution in [-0.2, 0) is 11.3 Å². The fourth-order valence-electron chi connectivity index (χ4n) is 2.87. The van der Waals surface area contributed by atoms with Gasteiger partial charge in [-0.15, -0.1) is 0 Å². The van der Waals surface area contributed by atoms with Crippen molar-refractivity contribution in [1.82, 2.24) is 15.0 Å². The van der Waals surface area contributed by atoms with Gasteiger partial charge in [-0.05, 0) is 42.9 Å². The lowest BCUT2D eigenvalue weighted by Crippen LogP contribution is -2.28. The Hall–Kier alpha value is -2.37. The molecule has 1 aliphatic carbocycles. The van der Waals surface area contributed by atoms with Crippen LogP contribution in [0.1, 0.15) is 61.7 Å². The lowest BCUT2D eigenvalue weighted by molar-refractivity contribution is -0.131. The van der Waals surface area contributed by atoms with Crippen molar-refractivity contribution in [1.29, 1.82) is 0 Å². The molecule has 25 heavy (non-hydrogen) atoms. The van der Waals surface area contributed by atoms with Crippen LogP contribution in [0, 0.1) is 0 Å². The van der Waals surface area contributed by atoms with E-state index in [2.05, 4.69) is 17.1 Å². The maximum Gasteiger partial charge on any atom is 0.229 e. The highest BCUT2D eigenvalue weighted by atomic mass is 16.5. The summed E-state index contributed by atoms with van der Waals surface area (Å²) in [7, 11) is 3.44. The van der Waals surface area contributed by atoms with Gasteiger partial charge in [0.15, 0.2) is 5.82 Å². The summed E-state index contributed by atoms with van der Waals surface area (Å²) in [6, 6.07) is 7.93. The zero-order chi connectivity index (χ0) is 17.8. The van der Waals surface area contributed by atoms with E-state index in [0.29, 0.717) is 30.6 Å². The van der Waals surface area contributed by atoms with Crippen molar-refractivity contribution in [3.8, 4) is 5.75 Å². The smallest absolute Gasteiger partial charge is 0.229 e. The van der Waals surface area contributed by atoms with Gasteiger partial charge >= 0.3 is 0 Å². The molecule has 1 heterocycles. The van der Waals surface area contributed by atoms with Gasteiger partial charge < -0.3 is 14.2 Å². The van der Waals surface area contributed by atoms with E-state index in [1.54, 1.807) is 19.1 Å². The predicted octanol–water partition coefficient (Wildman–Crippen LogP) is 3.50. The summed E-state index contributed by atoms with van der Waals surface area (Å²) in [4.78, 5) is 18.6. The van der Waals surface area contributed by atoms with Crippen LogP contribution >= 0.6 is 0 Å². The predicted molar refractivity (Wildman–Crippen MR) is 93.4 cm³/mol. The maximum atomic E-state index is 12.6. The molecule has 1 unspecified atom stereocenters. The van der Waals surface area contributed by atoms with E-state index in [1.165, 1.54) is 0 Å². The van der Waals surface area contributed by atoms with E-state index in [0.717, 1.165) is 30.6 Å². The lowest BCUT2D eigenvalue weighted by Gasteiger charge is -2.20. The quantitative estimate of drug-likeness (QED) is 0.734. The molecule has 0 N–H and O–H groups in total. The van der Waals surface area contributed by atoms with Crippen LogP contribution in [0.3, 0.4) is 0 Å². The van der Waals surface area contributed by atoms with Gasteiger partial charge in [0.2, 0.25) is 11.8 Å². The zero-order valence-corrected chi connectivity index (χ0v) is 15.1. The Balaban J connectivity index is 1.57. The van der Waals surface area contributed by atoms with Gasteiger partial charge in [-0.2, -0.15) is 4.98 Å². The molecule has 0 saturated heterocycles. The monoisotopic (exact) mass is 343 g/mol.